The minimum atomic E-state index is 0.530. The van der Waals surface area contributed by atoms with E-state index in [1.807, 2.05) is 12.4 Å². The first-order chi connectivity index (χ1) is 10.1. The zero-order valence-electron chi connectivity index (χ0n) is 13.1. The monoisotopic (exact) mass is 277 g/mol. The Hall–Kier alpha value is -2.22. The molecular formula is C19H21N2+. The Bertz CT molecular complexity index is 804. The number of benzene rings is 2. The van der Waals surface area contributed by atoms with Gasteiger partial charge in [-0.05, 0) is 47.2 Å². The normalized spacial score (nSPS) is 11.3. The van der Waals surface area contributed by atoms with Crippen LogP contribution in [0, 0.1) is 6.92 Å². The second-order valence-corrected chi connectivity index (χ2v) is 5.95. The molecule has 2 aromatic carbocycles. The molecule has 0 spiro atoms. The number of aryl methyl sites for hydroxylation is 2. The van der Waals surface area contributed by atoms with Crippen LogP contribution in [0.2, 0.25) is 0 Å². The fourth-order valence-electron chi connectivity index (χ4n) is 2.77. The van der Waals surface area contributed by atoms with E-state index in [9.17, 15) is 0 Å². The van der Waals surface area contributed by atoms with Gasteiger partial charge in [-0.3, -0.25) is 0 Å². The maximum atomic E-state index is 4.52. The van der Waals surface area contributed by atoms with E-state index in [-0.39, 0.29) is 0 Å². The molecule has 2 nitrogen and oxygen atoms in total. The molecule has 2 heteroatoms. The van der Waals surface area contributed by atoms with Gasteiger partial charge in [0.2, 0.25) is 0 Å². The van der Waals surface area contributed by atoms with E-state index in [4.69, 9.17) is 0 Å². The molecular weight excluding hydrogens is 256 g/mol. The Balaban J connectivity index is 2.34. The molecule has 0 saturated heterocycles. The van der Waals surface area contributed by atoms with E-state index < -0.39 is 0 Å². The number of aromatic nitrogens is 2. The number of fused-ring (bicyclic) bond motifs is 1. The van der Waals surface area contributed by atoms with Gasteiger partial charge in [0, 0.05) is 5.56 Å². The Kier molecular flexibility index (Phi) is 3.46. The molecule has 0 N–H and O–H groups in total. The number of para-hydroxylation sites is 1. The third-order valence-corrected chi connectivity index (χ3v) is 4.07. The molecule has 0 fully saturated rings. The van der Waals surface area contributed by atoms with Crippen molar-refractivity contribution in [3.63, 3.8) is 0 Å². The lowest BCUT2D eigenvalue weighted by Gasteiger charge is -2.12. The molecule has 0 bridgehead atoms. The minimum Gasteiger partial charge on any atom is -0.232 e. The van der Waals surface area contributed by atoms with E-state index in [1.54, 1.807) is 0 Å². The second-order valence-electron chi connectivity index (χ2n) is 5.95. The van der Waals surface area contributed by atoms with Crippen LogP contribution in [0.1, 0.15) is 30.9 Å². The topological polar surface area (TPSA) is 16.8 Å². The van der Waals surface area contributed by atoms with Crippen LogP contribution in [0.4, 0.5) is 0 Å². The lowest BCUT2D eigenvalue weighted by molar-refractivity contribution is -0.662. The summed E-state index contributed by atoms with van der Waals surface area (Å²) in [5, 5.41) is 1.20. The minimum absolute atomic E-state index is 0.530. The molecule has 21 heavy (non-hydrogen) atoms. The first-order valence-electron chi connectivity index (χ1n) is 7.42. The number of hydrogen-bond acceptors (Lipinski definition) is 1. The molecule has 0 unspecified atom stereocenters. The van der Waals surface area contributed by atoms with Gasteiger partial charge in [-0.25, -0.2) is 4.57 Å². The van der Waals surface area contributed by atoms with E-state index >= 15 is 0 Å². The second kappa shape index (κ2) is 5.28. The zero-order valence-corrected chi connectivity index (χ0v) is 13.1. The Labute approximate surface area is 126 Å². The average Bonchev–Trinajstić information content (AvgIpc) is 2.48. The first kappa shape index (κ1) is 13.7. The molecule has 3 rings (SSSR count). The van der Waals surface area contributed by atoms with Crippen LogP contribution in [-0.2, 0) is 7.05 Å². The Morgan fingerprint density at radius 1 is 1.05 bits per heavy atom. The van der Waals surface area contributed by atoms with E-state index in [2.05, 4.69) is 73.8 Å². The third kappa shape index (κ3) is 2.42. The molecule has 0 saturated carbocycles. The molecule has 0 radical (unpaired) electrons. The van der Waals surface area contributed by atoms with Crippen LogP contribution in [-0.4, -0.2) is 4.98 Å². The van der Waals surface area contributed by atoms with Crippen molar-refractivity contribution in [1.29, 1.82) is 0 Å². The fraction of sp³-hybridized carbons (Fsp3) is 0.263. The van der Waals surface area contributed by atoms with E-state index in [1.165, 1.54) is 27.8 Å². The summed E-state index contributed by atoms with van der Waals surface area (Å²) in [6.07, 6.45) is 1.90. The summed E-state index contributed by atoms with van der Waals surface area (Å²) >= 11 is 0. The summed E-state index contributed by atoms with van der Waals surface area (Å²) in [5.41, 5.74) is 6.24. The largest absolute Gasteiger partial charge is 0.287 e. The highest BCUT2D eigenvalue weighted by Crippen LogP contribution is 2.29. The molecule has 0 amide bonds. The smallest absolute Gasteiger partial charge is 0.232 e. The molecule has 1 aromatic heterocycles. The summed E-state index contributed by atoms with van der Waals surface area (Å²) in [4.78, 5) is 4.52. The van der Waals surface area contributed by atoms with Crippen LogP contribution < -0.4 is 4.57 Å². The van der Waals surface area contributed by atoms with Crippen LogP contribution in [0.3, 0.4) is 0 Å². The van der Waals surface area contributed by atoms with E-state index in [0.717, 1.165) is 5.52 Å². The molecule has 106 valence electrons. The van der Waals surface area contributed by atoms with Crippen LogP contribution in [0.15, 0.2) is 48.8 Å². The predicted molar refractivity (Wildman–Crippen MR) is 87.2 cm³/mol. The van der Waals surface area contributed by atoms with Crippen molar-refractivity contribution >= 4 is 10.9 Å². The van der Waals surface area contributed by atoms with Gasteiger partial charge in [-0.1, -0.05) is 38.1 Å². The van der Waals surface area contributed by atoms with Gasteiger partial charge < -0.3 is 0 Å². The van der Waals surface area contributed by atoms with Gasteiger partial charge in [-0.2, -0.15) is 0 Å². The molecule has 0 aliphatic carbocycles. The van der Waals surface area contributed by atoms with Crippen molar-refractivity contribution in [3.05, 3.63) is 59.9 Å². The SMILES string of the molecule is Cc1ccc(C(C)C)cc1-c1c2ccccc2nc[n+]1C. The molecule has 3 aromatic rings. The van der Waals surface area contributed by atoms with Gasteiger partial charge in [0.25, 0.3) is 6.33 Å². The van der Waals surface area contributed by atoms with E-state index in [0.29, 0.717) is 5.92 Å². The van der Waals surface area contributed by atoms with Crippen molar-refractivity contribution in [1.82, 2.24) is 4.98 Å². The summed E-state index contributed by atoms with van der Waals surface area (Å²) in [5.74, 6) is 0.530. The maximum absolute atomic E-state index is 4.52. The quantitative estimate of drug-likeness (QED) is 0.643. The predicted octanol–water partition coefficient (Wildman–Crippen LogP) is 4.16. The van der Waals surface area contributed by atoms with Crippen LogP contribution in [0.25, 0.3) is 22.2 Å². The van der Waals surface area contributed by atoms with Gasteiger partial charge in [0.15, 0.2) is 5.52 Å². The van der Waals surface area contributed by atoms with Crippen molar-refractivity contribution in [3.8, 4) is 11.3 Å². The highest BCUT2D eigenvalue weighted by molar-refractivity contribution is 5.91. The first-order valence-corrected chi connectivity index (χ1v) is 7.42. The van der Waals surface area contributed by atoms with Gasteiger partial charge in [0.1, 0.15) is 5.69 Å². The number of nitrogens with zero attached hydrogens (tertiary/aromatic N) is 2. The van der Waals surface area contributed by atoms with Gasteiger partial charge in [-0.15, -0.1) is 0 Å². The maximum Gasteiger partial charge on any atom is 0.287 e. The molecule has 0 aliphatic rings. The highest BCUT2D eigenvalue weighted by atomic mass is 15.0. The summed E-state index contributed by atoms with van der Waals surface area (Å²) in [7, 11) is 2.07. The van der Waals surface area contributed by atoms with Gasteiger partial charge >= 0.3 is 0 Å². The highest BCUT2D eigenvalue weighted by Gasteiger charge is 2.17. The third-order valence-electron chi connectivity index (χ3n) is 4.07. The standard InChI is InChI=1S/C19H21N2/c1-13(2)15-10-9-14(3)17(11-15)19-16-7-5-6-8-18(16)20-12-21(19)4/h5-13H,1-4H3/q+1. The average molecular weight is 277 g/mol. The molecule has 0 aliphatic heterocycles. The lowest BCUT2D eigenvalue weighted by Crippen LogP contribution is -2.31. The Morgan fingerprint density at radius 3 is 2.57 bits per heavy atom. The summed E-state index contributed by atoms with van der Waals surface area (Å²) in [6.45, 7) is 6.65. The van der Waals surface area contributed by atoms with Gasteiger partial charge in [0.05, 0.1) is 12.4 Å². The summed E-state index contributed by atoms with van der Waals surface area (Å²) < 4.78 is 2.12. The lowest BCUT2D eigenvalue weighted by atomic mass is 9.94. The van der Waals surface area contributed by atoms with Crippen molar-refractivity contribution in [2.24, 2.45) is 7.05 Å². The van der Waals surface area contributed by atoms with Crippen molar-refractivity contribution in [2.75, 3.05) is 0 Å². The zero-order chi connectivity index (χ0) is 15.0. The van der Waals surface area contributed by atoms with Crippen molar-refractivity contribution in [2.45, 2.75) is 26.7 Å². The number of rotatable bonds is 2. The fourth-order valence-corrected chi connectivity index (χ4v) is 2.77. The Morgan fingerprint density at radius 2 is 1.81 bits per heavy atom. The molecule has 1 heterocycles. The summed E-state index contributed by atoms with van der Waals surface area (Å²) in [6, 6.07) is 15.1. The van der Waals surface area contributed by atoms with Crippen LogP contribution >= 0.6 is 0 Å². The number of hydrogen-bond donors (Lipinski definition) is 0. The van der Waals surface area contributed by atoms with Crippen LogP contribution in [0.5, 0.6) is 0 Å². The molecule has 0 atom stereocenters. The van der Waals surface area contributed by atoms with Crippen molar-refractivity contribution < 1.29 is 4.57 Å².